The number of hydrogen-bond acceptors (Lipinski definition) is 3. The van der Waals surface area contributed by atoms with E-state index < -0.39 is 5.41 Å². The second-order valence-corrected chi connectivity index (χ2v) is 13.3. The SMILES string of the molecule is c1ccc(-c2ccc(N(c3ccc4c(c3)C(c3ccccc3)(c3ccccc3)c3ccccc3-4)c3cccc4c3Oc3ccccc3O4)cc2)cc1. The Bertz CT molecular complexity index is 2520. The highest BCUT2D eigenvalue weighted by Gasteiger charge is 2.46. The maximum Gasteiger partial charge on any atom is 0.194 e. The van der Waals surface area contributed by atoms with Gasteiger partial charge in [-0.15, -0.1) is 0 Å². The van der Waals surface area contributed by atoms with E-state index in [1.54, 1.807) is 0 Å². The van der Waals surface area contributed by atoms with Gasteiger partial charge in [-0.3, -0.25) is 0 Å². The Balaban J connectivity index is 1.22. The third-order valence-corrected chi connectivity index (χ3v) is 10.4. The lowest BCUT2D eigenvalue weighted by Gasteiger charge is -2.35. The molecule has 0 spiro atoms. The number of para-hydroxylation sites is 3. The normalized spacial score (nSPS) is 13.1. The molecule has 0 saturated heterocycles. The minimum atomic E-state index is -0.526. The van der Waals surface area contributed by atoms with Crippen molar-refractivity contribution in [2.24, 2.45) is 0 Å². The predicted molar refractivity (Wildman–Crippen MR) is 210 cm³/mol. The van der Waals surface area contributed by atoms with Crippen molar-refractivity contribution in [3.63, 3.8) is 0 Å². The quantitative estimate of drug-likeness (QED) is 0.176. The van der Waals surface area contributed by atoms with Crippen LogP contribution >= 0.6 is 0 Å². The second kappa shape index (κ2) is 12.2. The van der Waals surface area contributed by atoms with Gasteiger partial charge in [0.2, 0.25) is 0 Å². The topological polar surface area (TPSA) is 21.7 Å². The van der Waals surface area contributed by atoms with Crippen LogP contribution < -0.4 is 14.4 Å². The summed E-state index contributed by atoms with van der Waals surface area (Å²) in [5.41, 5.74) is 12.2. The van der Waals surface area contributed by atoms with E-state index >= 15 is 0 Å². The molecule has 52 heavy (non-hydrogen) atoms. The zero-order valence-corrected chi connectivity index (χ0v) is 28.3. The third-order valence-electron chi connectivity index (χ3n) is 10.4. The Kier molecular flexibility index (Phi) is 7.04. The summed E-state index contributed by atoms with van der Waals surface area (Å²) in [6.07, 6.45) is 0. The first-order chi connectivity index (χ1) is 25.8. The number of hydrogen-bond donors (Lipinski definition) is 0. The van der Waals surface area contributed by atoms with Crippen LogP contribution in [0, 0.1) is 0 Å². The van der Waals surface area contributed by atoms with Gasteiger partial charge in [-0.25, -0.2) is 0 Å². The molecule has 1 aliphatic carbocycles. The van der Waals surface area contributed by atoms with Crippen LogP contribution in [0.4, 0.5) is 17.1 Å². The highest BCUT2D eigenvalue weighted by molar-refractivity contribution is 5.91. The first kappa shape index (κ1) is 30.0. The monoisotopic (exact) mass is 667 g/mol. The molecule has 0 radical (unpaired) electrons. The van der Waals surface area contributed by atoms with E-state index in [1.165, 1.54) is 38.9 Å². The van der Waals surface area contributed by atoms with E-state index in [4.69, 9.17) is 9.47 Å². The van der Waals surface area contributed by atoms with Crippen molar-refractivity contribution in [3.05, 3.63) is 222 Å². The summed E-state index contributed by atoms with van der Waals surface area (Å²) in [5.74, 6) is 2.75. The third kappa shape index (κ3) is 4.67. The largest absolute Gasteiger partial charge is 0.449 e. The molecule has 246 valence electrons. The van der Waals surface area contributed by atoms with E-state index in [0.717, 1.165) is 22.6 Å². The van der Waals surface area contributed by atoms with Crippen LogP contribution in [-0.4, -0.2) is 0 Å². The summed E-state index contributed by atoms with van der Waals surface area (Å²) in [5, 5.41) is 0. The van der Waals surface area contributed by atoms with Gasteiger partial charge < -0.3 is 14.4 Å². The average Bonchev–Trinajstić information content (AvgIpc) is 3.52. The molecule has 8 aromatic carbocycles. The summed E-state index contributed by atoms with van der Waals surface area (Å²) in [6.45, 7) is 0. The van der Waals surface area contributed by atoms with Crippen LogP contribution in [0.15, 0.2) is 200 Å². The molecule has 8 aromatic rings. The maximum absolute atomic E-state index is 6.68. The number of nitrogens with zero attached hydrogens (tertiary/aromatic N) is 1. The first-order valence-corrected chi connectivity index (χ1v) is 17.7. The molecule has 0 bridgehead atoms. The molecule has 0 fully saturated rings. The summed E-state index contributed by atoms with van der Waals surface area (Å²) >= 11 is 0. The molecule has 0 amide bonds. The van der Waals surface area contributed by atoms with E-state index in [0.29, 0.717) is 23.0 Å². The lowest BCUT2D eigenvalue weighted by molar-refractivity contribution is 0.360. The summed E-state index contributed by atoms with van der Waals surface area (Å²) in [7, 11) is 0. The van der Waals surface area contributed by atoms with E-state index in [-0.39, 0.29) is 0 Å². The fourth-order valence-corrected chi connectivity index (χ4v) is 8.14. The number of ether oxygens (including phenoxy) is 2. The lowest BCUT2D eigenvalue weighted by atomic mass is 9.67. The fraction of sp³-hybridized carbons (Fsp3) is 0.0204. The molecule has 1 heterocycles. The molecule has 0 atom stereocenters. The first-order valence-electron chi connectivity index (χ1n) is 17.7. The molecule has 0 saturated carbocycles. The number of benzene rings is 8. The second-order valence-electron chi connectivity index (χ2n) is 13.3. The average molecular weight is 668 g/mol. The fourth-order valence-electron chi connectivity index (χ4n) is 8.14. The van der Waals surface area contributed by atoms with Gasteiger partial charge >= 0.3 is 0 Å². The molecule has 10 rings (SSSR count). The minimum Gasteiger partial charge on any atom is -0.449 e. The van der Waals surface area contributed by atoms with Gasteiger partial charge in [-0.05, 0) is 93.0 Å². The molecule has 2 aliphatic rings. The van der Waals surface area contributed by atoms with Crippen LogP contribution in [0.2, 0.25) is 0 Å². The van der Waals surface area contributed by atoms with Crippen molar-refractivity contribution in [3.8, 4) is 45.3 Å². The van der Waals surface area contributed by atoms with Crippen LogP contribution in [0.5, 0.6) is 23.0 Å². The van der Waals surface area contributed by atoms with Gasteiger partial charge in [0.1, 0.15) is 0 Å². The van der Waals surface area contributed by atoms with Crippen LogP contribution in [0.25, 0.3) is 22.3 Å². The number of anilines is 3. The molecule has 0 aromatic heterocycles. The Morgan fingerprint density at radius 3 is 1.62 bits per heavy atom. The smallest absolute Gasteiger partial charge is 0.194 e. The highest BCUT2D eigenvalue weighted by atomic mass is 16.6. The Morgan fingerprint density at radius 2 is 0.904 bits per heavy atom. The standard InChI is InChI=1S/C49H33NO2/c1-4-15-34(16-5-1)35-27-29-38(30-28-35)50(44-23-14-26-47-48(44)52-46-25-13-12-24-45(46)51-47)39-31-32-41-40-21-10-11-22-42(40)49(43(41)33-39,36-17-6-2-7-18-36)37-19-8-3-9-20-37/h1-33H. The zero-order valence-electron chi connectivity index (χ0n) is 28.3. The van der Waals surface area contributed by atoms with Crippen molar-refractivity contribution in [1.82, 2.24) is 0 Å². The highest BCUT2D eigenvalue weighted by Crippen LogP contribution is 2.58. The van der Waals surface area contributed by atoms with Gasteiger partial charge in [0.25, 0.3) is 0 Å². The number of rotatable bonds is 6. The predicted octanol–water partition coefficient (Wildman–Crippen LogP) is 13.1. The molecule has 3 nitrogen and oxygen atoms in total. The van der Waals surface area contributed by atoms with E-state index in [2.05, 4.69) is 169 Å². The van der Waals surface area contributed by atoms with Crippen molar-refractivity contribution >= 4 is 17.1 Å². The van der Waals surface area contributed by atoms with Crippen LogP contribution in [0.3, 0.4) is 0 Å². The van der Waals surface area contributed by atoms with Crippen molar-refractivity contribution in [2.45, 2.75) is 5.41 Å². The Morgan fingerprint density at radius 1 is 0.365 bits per heavy atom. The van der Waals surface area contributed by atoms with Crippen molar-refractivity contribution in [1.29, 1.82) is 0 Å². The van der Waals surface area contributed by atoms with Gasteiger partial charge in [-0.1, -0.05) is 152 Å². The lowest BCUT2D eigenvalue weighted by Crippen LogP contribution is -2.28. The minimum absolute atomic E-state index is 0.526. The summed E-state index contributed by atoms with van der Waals surface area (Å²) < 4.78 is 13.1. The van der Waals surface area contributed by atoms with Crippen LogP contribution in [-0.2, 0) is 5.41 Å². The summed E-state index contributed by atoms with van der Waals surface area (Å²) in [6, 6.07) is 70.9. The number of fused-ring (bicyclic) bond motifs is 5. The molecule has 0 unspecified atom stereocenters. The van der Waals surface area contributed by atoms with Gasteiger partial charge in [0, 0.05) is 11.4 Å². The van der Waals surface area contributed by atoms with Gasteiger partial charge in [0.05, 0.1) is 11.1 Å². The van der Waals surface area contributed by atoms with Crippen LogP contribution in [0.1, 0.15) is 22.3 Å². The molecule has 1 aliphatic heterocycles. The van der Waals surface area contributed by atoms with Gasteiger partial charge in [-0.2, -0.15) is 0 Å². The van der Waals surface area contributed by atoms with Gasteiger partial charge in [0.15, 0.2) is 23.0 Å². The Labute approximate surface area is 303 Å². The molecular formula is C49H33NO2. The van der Waals surface area contributed by atoms with E-state index in [9.17, 15) is 0 Å². The van der Waals surface area contributed by atoms with Crippen molar-refractivity contribution < 1.29 is 9.47 Å². The zero-order chi connectivity index (χ0) is 34.5. The molecule has 0 N–H and O–H groups in total. The maximum atomic E-state index is 6.68. The van der Waals surface area contributed by atoms with Crippen molar-refractivity contribution in [2.75, 3.05) is 4.90 Å². The van der Waals surface area contributed by atoms with E-state index in [1.807, 2.05) is 36.4 Å². The molecular weight excluding hydrogens is 635 g/mol. The Hall–Kier alpha value is -6.84. The summed E-state index contributed by atoms with van der Waals surface area (Å²) in [4.78, 5) is 2.30. The molecule has 3 heteroatoms.